The van der Waals surface area contributed by atoms with Crippen LogP contribution in [-0.4, -0.2) is 51.1 Å². The predicted octanol–water partition coefficient (Wildman–Crippen LogP) is 0.243. The predicted molar refractivity (Wildman–Crippen MR) is 70.9 cm³/mol. The van der Waals surface area contributed by atoms with Crippen molar-refractivity contribution >= 4 is 19.7 Å². The molecule has 18 heavy (non-hydrogen) atoms. The first-order chi connectivity index (χ1) is 8.18. The van der Waals surface area contributed by atoms with Crippen molar-refractivity contribution in [3.05, 3.63) is 0 Å². The van der Waals surface area contributed by atoms with Gasteiger partial charge in [0.2, 0.25) is 0 Å². The van der Waals surface area contributed by atoms with E-state index in [-0.39, 0.29) is 35.7 Å². The van der Waals surface area contributed by atoms with Gasteiger partial charge < -0.3 is 5.11 Å². The lowest BCUT2D eigenvalue weighted by atomic mass is 9.90. The van der Waals surface area contributed by atoms with Crippen molar-refractivity contribution in [2.45, 2.75) is 31.9 Å². The normalized spacial score (nSPS) is 25.4. The summed E-state index contributed by atoms with van der Waals surface area (Å²) in [5.74, 6) is -0.0597. The SMILES string of the molecule is CC(C)S(=O)(=O)CCC(CO)C1CCS(=O)(=O)C1. The van der Waals surface area contributed by atoms with E-state index in [4.69, 9.17) is 0 Å². The van der Waals surface area contributed by atoms with Gasteiger partial charge in [-0.3, -0.25) is 0 Å². The van der Waals surface area contributed by atoms with Crippen LogP contribution in [0.15, 0.2) is 0 Å². The van der Waals surface area contributed by atoms with Crippen LogP contribution < -0.4 is 0 Å². The third kappa shape index (κ3) is 4.20. The summed E-state index contributed by atoms with van der Waals surface area (Å²) in [4.78, 5) is 0. The summed E-state index contributed by atoms with van der Waals surface area (Å²) in [6, 6.07) is 0. The molecule has 0 saturated carbocycles. The molecule has 2 unspecified atom stereocenters. The molecule has 1 aliphatic rings. The number of hydrogen-bond donors (Lipinski definition) is 1. The Hall–Kier alpha value is -0.140. The second-order valence-corrected chi connectivity index (χ2v) is 10.2. The third-order valence-corrected chi connectivity index (χ3v) is 7.70. The number of sulfone groups is 2. The minimum Gasteiger partial charge on any atom is -0.396 e. The van der Waals surface area contributed by atoms with Crippen LogP contribution in [0.1, 0.15) is 26.7 Å². The molecule has 0 aliphatic carbocycles. The van der Waals surface area contributed by atoms with Gasteiger partial charge in [-0.05, 0) is 38.5 Å². The van der Waals surface area contributed by atoms with Crippen LogP contribution in [0.3, 0.4) is 0 Å². The number of hydrogen-bond acceptors (Lipinski definition) is 5. The van der Waals surface area contributed by atoms with E-state index in [9.17, 15) is 21.9 Å². The van der Waals surface area contributed by atoms with Crippen molar-refractivity contribution in [2.24, 2.45) is 11.8 Å². The van der Waals surface area contributed by atoms with Crippen LogP contribution in [0.4, 0.5) is 0 Å². The molecule has 0 aromatic carbocycles. The van der Waals surface area contributed by atoms with Gasteiger partial charge >= 0.3 is 0 Å². The molecule has 0 bridgehead atoms. The molecule has 0 spiro atoms. The van der Waals surface area contributed by atoms with Gasteiger partial charge in [0.05, 0.1) is 22.5 Å². The number of aliphatic hydroxyl groups excluding tert-OH is 1. The molecule has 1 aliphatic heterocycles. The average Bonchev–Trinajstić information content (AvgIpc) is 2.59. The molecule has 1 fully saturated rings. The van der Waals surface area contributed by atoms with E-state index in [1.54, 1.807) is 13.8 Å². The van der Waals surface area contributed by atoms with Gasteiger partial charge in [-0.1, -0.05) is 0 Å². The first kappa shape index (κ1) is 15.9. The molecule has 1 saturated heterocycles. The zero-order chi connectivity index (χ0) is 14.0. The lowest BCUT2D eigenvalue weighted by molar-refractivity contribution is 0.181. The lowest BCUT2D eigenvalue weighted by Crippen LogP contribution is -2.25. The molecule has 0 aromatic heterocycles. The second-order valence-electron chi connectivity index (χ2n) is 5.31. The van der Waals surface area contributed by atoms with E-state index in [2.05, 4.69) is 0 Å². The highest BCUT2D eigenvalue weighted by Crippen LogP contribution is 2.28. The lowest BCUT2D eigenvalue weighted by Gasteiger charge is -2.20. The molecule has 1 rings (SSSR count). The van der Waals surface area contributed by atoms with Gasteiger partial charge in [-0.15, -0.1) is 0 Å². The Labute approximate surface area is 109 Å². The second kappa shape index (κ2) is 5.88. The highest BCUT2D eigenvalue weighted by molar-refractivity contribution is 7.92. The Morgan fingerprint density at radius 2 is 1.94 bits per heavy atom. The minimum atomic E-state index is -3.12. The van der Waals surface area contributed by atoms with E-state index in [1.807, 2.05) is 0 Å². The Balaban J connectivity index is 2.59. The van der Waals surface area contributed by atoms with Crippen LogP contribution in [0.5, 0.6) is 0 Å². The summed E-state index contributed by atoms with van der Waals surface area (Å²) in [5, 5.41) is 8.88. The molecule has 1 heterocycles. The van der Waals surface area contributed by atoms with E-state index in [1.165, 1.54) is 0 Å². The minimum absolute atomic E-state index is 0.0203. The Kier molecular flexibility index (Phi) is 5.20. The van der Waals surface area contributed by atoms with E-state index < -0.39 is 24.9 Å². The summed E-state index contributed by atoms with van der Waals surface area (Å²) in [6.07, 6.45) is 0.881. The molecule has 0 aromatic rings. The van der Waals surface area contributed by atoms with Crippen LogP contribution in [0, 0.1) is 11.8 Å². The summed E-state index contributed by atoms with van der Waals surface area (Å²) in [6.45, 7) is 3.11. The summed E-state index contributed by atoms with van der Waals surface area (Å²) < 4.78 is 46.1. The van der Waals surface area contributed by atoms with Crippen molar-refractivity contribution in [3.63, 3.8) is 0 Å². The topological polar surface area (TPSA) is 88.5 Å². The number of aliphatic hydroxyl groups is 1. The molecule has 5 nitrogen and oxygen atoms in total. The zero-order valence-electron chi connectivity index (χ0n) is 10.9. The zero-order valence-corrected chi connectivity index (χ0v) is 12.5. The first-order valence-electron chi connectivity index (χ1n) is 6.21. The average molecular weight is 298 g/mol. The van der Waals surface area contributed by atoms with Gasteiger partial charge in [0, 0.05) is 6.61 Å². The monoisotopic (exact) mass is 298 g/mol. The van der Waals surface area contributed by atoms with Crippen LogP contribution in [0.25, 0.3) is 0 Å². The standard InChI is InChI=1S/C11H22O5S2/c1-9(2)18(15,16)6-4-10(7-12)11-3-5-17(13,14)8-11/h9-12H,3-8H2,1-2H3. The summed E-state index contributed by atoms with van der Waals surface area (Å²) >= 11 is 0. The molecule has 1 N–H and O–H groups in total. The maximum atomic E-state index is 11.7. The van der Waals surface area contributed by atoms with Crippen molar-refractivity contribution in [1.29, 1.82) is 0 Å². The molecule has 0 amide bonds. The van der Waals surface area contributed by atoms with Crippen molar-refractivity contribution in [3.8, 4) is 0 Å². The molecule has 108 valence electrons. The van der Waals surface area contributed by atoms with E-state index >= 15 is 0 Å². The van der Waals surface area contributed by atoms with Crippen LogP contribution >= 0.6 is 0 Å². The molecule has 7 heteroatoms. The van der Waals surface area contributed by atoms with Crippen LogP contribution in [0.2, 0.25) is 0 Å². The van der Waals surface area contributed by atoms with E-state index in [0.717, 1.165) is 0 Å². The molecule has 2 atom stereocenters. The molecule has 0 radical (unpaired) electrons. The number of rotatable bonds is 6. The van der Waals surface area contributed by atoms with Crippen molar-refractivity contribution in [1.82, 2.24) is 0 Å². The van der Waals surface area contributed by atoms with Gasteiger partial charge in [0.1, 0.15) is 0 Å². The smallest absolute Gasteiger partial charge is 0.152 e. The maximum Gasteiger partial charge on any atom is 0.152 e. The van der Waals surface area contributed by atoms with Crippen molar-refractivity contribution in [2.75, 3.05) is 23.9 Å². The van der Waals surface area contributed by atoms with Gasteiger partial charge in [-0.25, -0.2) is 16.8 Å². The van der Waals surface area contributed by atoms with Crippen LogP contribution in [-0.2, 0) is 19.7 Å². The van der Waals surface area contributed by atoms with Gasteiger partial charge in [0.25, 0.3) is 0 Å². The summed E-state index contributed by atoms with van der Waals surface area (Å²) in [5.41, 5.74) is 0. The fraction of sp³-hybridized carbons (Fsp3) is 1.00. The largest absolute Gasteiger partial charge is 0.396 e. The van der Waals surface area contributed by atoms with Gasteiger partial charge in [-0.2, -0.15) is 0 Å². The third-order valence-electron chi connectivity index (χ3n) is 3.66. The first-order valence-corrected chi connectivity index (χ1v) is 9.74. The Morgan fingerprint density at radius 3 is 2.33 bits per heavy atom. The molecular weight excluding hydrogens is 276 g/mol. The fourth-order valence-electron chi connectivity index (χ4n) is 2.22. The van der Waals surface area contributed by atoms with Gasteiger partial charge in [0.15, 0.2) is 19.7 Å². The van der Waals surface area contributed by atoms with Crippen molar-refractivity contribution < 1.29 is 21.9 Å². The Bertz CT molecular complexity index is 464. The highest BCUT2D eigenvalue weighted by Gasteiger charge is 2.34. The fourth-order valence-corrected chi connectivity index (χ4v) is 5.25. The highest BCUT2D eigenvalue weighted by atomic mass is 32.2. The van der Waals surface area contributed by atoms with E-state index in [0.29, 0.717) is 12.8 Å². The quantitative estimate of drug-likeness (QED) is 0.759. The molecular formula is C11H22O5S2. The Morgan fingerprint density at radius 1 is 1.33 bits per heavy atom. The summed E-state index contributed by atoms with van der Waals surface area (Å²) in [7, 11) is -6.10. The maximum absolute atomic E-state index is 11.7.